The van der Waals surface area contributed by atoms with Crippen molar-refractivity contribution < 1.29 is 0 Å². The predicted molar refractivity (Wildman–Crippen MR) is 75.4 cm³/mol. The van der Waals surface area contributed by atoms with Gasteiger partial charge in [-0.3, -0.25) is 4.57 Å². The van der Waals surface area contributed by atoms with Crippen LogP contribution in [-0.4, -0.2) is 25.4 Å². The number of aromatic nitrogens is 4. The van der Waals surface area contributed by atoms with E-state index in [2.05, 4.69) is 10.1 Å². The second-order valence-corrected chi connectivity index (χ2v) is 4.88. The molecule has 0 amide bonds. The monoisotopic (exact) mass is 272 g/mol. The summed E-state index contributed by atoms with van der Waals surface area (Å²) in [5.41, 5.74) is 2.12. The summed E-state index contributed by atoms with van der Waals surface area (Å²) < 4.78 is 2.83. The van der Waals surface area contributed by atoms with Gasteiger partial charge in [-0.25, -0.2) is 9.78 Å². The molecule has 3 aromatic rings. The van der Waals surface area contributed by atoms with E-state index in [1.807, 2.05) is 42.7 Å². The molecule has 0 radical (unpaired) electrons. The highest BCUT2D eigenvalue weighted by atomic mass is 32.2. The lowest BCUT2D eigenvalue weighted by atomic mass is 10.2. The lowest BCUT2D eigenvalue weighted by Gasteiger charge is -2.03. The predicted octanol–water partition coefficient (Wildman–Crippen LogP) is 1.82. The largest absolute Gasteiger partial charge is 0.352 e. The van der Waals surface area contributed by atoms with E-state index in [1.165, 1.54) is 20.8 Å². The molecule has 0 spiro atoms. The Morgan fingerprint density at radius 2 is 1.95 bits per heavy atom. The van der Waals surface area contributed by atoms with Gasteiger partial charge in [0.05, 0.1) is 5.69 Å². The fraction of sp³-hybridized carbons (Fsp3) is 0.154. The molecule has 0 aliphatic carbocycles. The van der Waals surface area contributed by atoms with Crippen molar-refractivity contribution in [3.63, 3.8) is 0 Å². The number of benzene rings is 1. The third-order valence-corrected chi connectivity index (χ3v) is 3.64. The Morgan fingerprint density at radius 1 is 1.21 bits per heavy atom. The Bertz CT molecular complexity index is 792. The van der Waals surface area contributed by atoms with Crippen molar-refractivity contribution >= 4 is 17.4 Å². The van der Waals surface area contributed by atoms with Crippen LogP contribution < -0.4 is 5.69 Å². The van der Waals surface area contributed by atoms with Gasteiger partial charge in [0, 0.05) is 18.7 Å². The van der Waals surface area contributed by atoms with E-state index in [1.54, 1.807) is 7.05 Å². The molecule has 0 saturated carbocycles. The topological polar surface area (TPSA) is 52.2 Å². The Balaban J connectivity index is 2.27. The van der Waals surface area contributed by atoms with Gasteiger partial charge in [-0.1, -0.05) is 42.1 Å². The lowest BCUT2D eigenvalue weighted by molar-refractivity contribution is 0.642. The molecule has 0 aliphatic heterocycles. The minimum absolute atomic E-state index is 0.184. The molecule has 19 heavy (non-hydrogen) atoms. The molecule has 0 N–H and O–H groups in total. The number of hydrogen-bond donors (Lipinski definition) is 0. The molecular formula is C13H12N4OS. The SMILES string of the molecule is CSc1nc2cc(-c3ccccc3)nn2c(=O)n1C. The van der Waals surface area contributed by atoms with Crippen LogP contribution >= 0.6 is 11.8 Å². The summed E-state index contributed by atoms with van der Waals surface area (Å²) in [6.07, 6.45) is 1.90. The average molecular weight is 272 g/mol. The summed E-state index contributed by atoms with van der Waals surface area (Å²) in [4.78, 5) is 16.6. The van der Waals surface area contributed by atoms with Crippen molar-refractivity contribution in [2.45, 2.75) is 5.16 Å². The molecule has 2 heterocycles. The van der Waals surface area contributed by atoms with E-state index in [0.29, 0.717) is 10.8 Å². The van der Waals surface area contributed by atoms with Gasteiger partial charge in [-0.05, 0) is 6.26 Å². The first-order chi connectivity index (χ1) is 9.20. The number of fused-ring (bicyclic) bond motifs is 1. The van der Waals surface area contributed by atoms with Gasteiger partial charge in [0.1, 0.15) is 0 Å². The van der Waals surface area contributed by atoms with Gasteiger partial charge in [-0.2, -0.15) is 9.61 Å². The second-order valence-electron chi connectivity index (χ2n) is 4.11. The summed E-state index contributed by atoms with van der Waals surface area (Å²) in [6.45, 7) is 0. The maximum absolute atomic E-state index is 12.2. The fourth-order valence-electron chi connectivity index (χ4n) is 1.92. The van der Waals surface area contributed by atoms with Crippen LogP contribution in [0, 0.1) is 0 Å². The number of rotatable bonds is 2. The van der Waals surface area contributed by atoms with Gasteiger partial charge in [0.25, 0.3) is 0 Å². The van der Waals surface area contributed by atoms with Crippen LogP contribution in [-0.2, 0) is 7.05 Å². The summed E-state index contributed by atoms with van der Waals surface area (Å²) in [5.74, 6) is 0. The zero-order chi connectivity index (χ0) is 13.4. The Labute approximate surface area is 113 Å². The zero-order valence-electron chi connectivity index (χ0n) is 10.6. The first-order valence-corrected chi connectivity index (χ1v) is 6.99. The third kappa shape index (κ3) is 1.94. The molecule has 5 nitrogen and oxygen atoms in total. The van der Waals surface area contributed by atoms with Crippen LogP contribution in [0.1, 0.15) is 0 Å². The summed E-state index contributed by atoms with van der Waals surface area (Å²) >= 11 is 1.44. The first-order valence-electron chi connectivity index (χ1n) is 5.77. The van der Waals surface area contributed by atoms with Gasteiger partial charge in [0.2, 0.25) is 0 Å². The summed E-state index contributed by atoms with van der Waals surface area (Å²) in [6, 6.07) is 11.6. The van der Waals surface area contributed by atoms with Crippen molar-refractivity contribution in [1.82, 2.24) is 19.2 Å². The van der Waals surface area contributed by atoms with Crippen molar-refractivity contribution in [2.75, 3.05) is 6.26 Å². The minimum atomic E-state index is -0.184. The molecule has 0 bridgehead atoms. The van der Waals surface area contributed by atoms with E-state index in [-0.39, 0.29) is 5.69 Å². The molecule has 96 valence electrons. The van der Waals surface area contributed by atoms with Crippen LogP contribution in [0.3, 0.4) is 0 Å². The highest BCUT2D eigenvalue weighted by Crippen LogP contribution is 2.18. The first kappa shape index (κ1) is 12.0. The quantitative estimate of drug-likeness (QED) is 0.668. The van der Waals surface area contributed by atoms with Gasteiger partial charge in [0.15, 0.2) is 10.8 Å². The maximum atomic E-state index is 12.2. The van der Waals surface area contributed by atoms with Crippen molar-refractivity contribution in [3.05, 3.63) is 46.9 Å². The molecule has 6 heteroatoms. The van der Waals surface area contributed by atoms with Crippen LogP contribution in [0.4, 0.5) is 0 Å². The van der Waals surface area contributed by atoms with Gasteiger partial charge < -0.3 is 0 Å². The third-order valence-electron chi connectivity index (χ3n) is 2.91. The molecule has 2 aromatic heterocycles. The highest BCUT2D eigenvalue weighted by molar-refractivity contribution is 7.98. The molecule has 3 rings (SSSR count). The van der Waals surface area contributed by atoms with E-state index in [0.717, 1.165) is 11.3 Å². The molecule has 0 unspecified atom stereocenters. The Kier molecular flexibility index (Phi) is 2.87. The summed E-state index contributed by atoms with van der Waals surface area (Å²) in [7, 11) is 1.70. The van der Waals surface area contributed by atoms with E-state index in [4.69, 9.17) is 0 Å². The van der Waals surface area contributed by atoms with E-state index in [9.17, 15) is 4.79 Å². The highest BCUT2D eigenvalue weighted by Gasteiger charge is 2.11. The van der Waals surface area contributed by atoms with E-state index >= 15 is 0 Å². The second kappa shape index (κ2) is 4.55. The Hall–Kier alpha value is -2.08. The molecular weight excluding hydrogens is 260 g/mol. The zero-order valence-corrected chi connectivity index (χ0v) is 11.4. The molecule has 0 saturated heterocycles. The van der Waals surface area contributed by atoms with Crippen LogP contribution in [0.5, 0.6) is 0 Å². The molecule has 1 aromatic carbocycles. The smallest absolute Gasteiger partial charge is 0.274 e. The number of thioether (sulfide) groups is 1. The molecule has 0 atom stereocenters. The Morgan fingerprint density at radius 3 is 2.63 bits per heavy atom. The normalized spacial score (nSPS) is 11.1. The van der Waals surface area contributed by atoms with Crippen LogP contribution in [0.25, 0.3) is 16.9 Å². The van der Waals surface area contributed by atoms with Crippen LogP contribution in [0.15, 0.2) is 46.3 Å². The maximum Gasteiger partial charge on any atom is 0.352 e. The standard InChI is InChI=1S/C13H12N4OS/c1-16-12(19-2)14-11-8-10(15-17(11)13(16)18)9-6-4-3-5-7-9/h3-8H,1-2H3. The van der Waals surface area contributed by atoms with Crippen molar-refractivity contribution in [1.29, 1.82) is 0 Å². The average Bonchev–Trinajstić information content (AvgIpc) is 2.88. The number of hydrogen-bond acceptors (Lipinski definition) is 4. The van der Waals surface area contributed by atoms with Gasteiger partial charge >= 0.3 is 5.69 Å². The number of nitrogens with zero attached hydrogens (tertiary/aromatic N) is 4. The molecule has 0 aliphatic rings. The lowest BCUT2D eigenvalue weighted by Crippen LogP contribution is -2.27. The fourth-order valence-corrected chi connectivity index (χ4v) is 2.46. The van der Waals surface area contributed by atoms with Gasteiger partial charge in [-0.15, -0.1) is 0 Å². The van der Waals surface area contributed by atoms with Crippen molar-refractivity contribution in [3.8, 4) is 11.3 Å². The minimum Gasteiger partial charge on any atom is -0.274 e. The van der Waals surface area contributed by atoms with E-state index < -0.39 is 0 Å². The van der Waals surface area contributed by atoms with Crippen LogP contribution in [0.2, 0.25) is 0 Å². The van der Waals surface area contributed by atoms with Crippen molar-refractivity contribution in [2.24, 2.45) is 7.05 Å². The molecule has 0 fully saturated rings. The summed E-state index contributed by atoms with van der Waals surface area (Å²) in [5, 5.41) is 5.01.